The van der Waals surface area contributed by atoms with Gasteiger partial charge in [0.05, 0.1) is 25.2 Å². The second kappa shape index (κ2) is 7.67. The summed E-state index contributed by atoms with van der Waals surface area (Å²) in [6, 6.07) is 10.6. The molecule has 2 aromatic carbocycles. The number of carbonyl (C=O) groups is 2. The van der Waals surface area contributed by atoms with Gasteiger partial charge in [0.15, 0.2) is 0 Å². The molecule has 0 radical (unpaired) electrons. The molecule has 3 N–H and O–H groups in total. The van der Waals surface area contributed by atoms with Gasteiger partial charge >= 0.3 is 0 Å². The van der Waals surface area contributed by atoms with Crippen LogP contribution in [0.4, 0.5) is 0 Å². The van der Waals surface area contributed by atoms with Crippen LogP contribution in [0.3, 0.4) is 0 Å². The van der Waals surface area contributed by atoms with Crippen molar-refractivity contribution in [2.24, 2.45) is 0 Å². The Balaban J connectivity index is 2.21. The molecule has 3 rings (SSSR count). The second-order valence-corrected chi connectivity index (χ2v) is 6.19. The van der Waals surface area contributed by atoms with Crippen LogP contribution in [-0.2, 0) is 0 Å². The summed E-state index contributed by atoms with van der Waals surface area (Å²) in [5, 5.41) is 15.0. The third kappa shape index (κ3) is 3.33. The van der Waals surface area contributed by atoms with Gasteiger partial charge in [-0.15, -0.1) is 0 Å². The molecule has 27 heavy (non-hydrogen) atoms. The molecule has 1 aliphatic heterocycles. The molecule has 2 aromatic rings. The third-order valence-electron chi connectivity index (χ3n) is 4.69. The van der Waals surface area contributed by atoms with Crippen LogP contribution < -0.4 is 20.1 Å². The number of fused-ring (bicyclic) bond motifs is 1. The Bertz CT molecular complexity index is 881. The van der Waals surface area contributed by atoms with E-state index in [4.69, 9.17) is 9.47 Å². The molecule has 1 aliphatic rings. The molecule has 0 aromatic heterocycles. The maximum Gasteiger partial charge on any atom is 0.254 e. The first-order chi connectivity index (χ1) is 13.0. The maximum absolute atomic E-state index is 12.4. The minimum atomic E-state index is -0.574. The van der Waals surface area contributed by atoms with Gasteiger partial charge in [-0.25, -0.2) is 0 Å². The van der Waals surface area contributed by atoms with E-state index in [2.05, 4.69) is 10.6 Å². The van der Waals surface area contributed by atoms with Crippen LogP contribution in [0.25, 0.3) is 0 Å². The fourth-order valence-corrected chi connectivity index (χ4v) is 3.38. The molecule has 2 amide bonds. The molecule has 1 heterocycles. The molecule has 7 heteroatoms. The maximum atomic E-state index is 12.4. The minimum Gasteiger partial charge on any atom is -0.497 e. The number of hydrogen-bond donors (Lipinski definition) is 3. The number of carbonyl (C=O) groups excluding carboxylic acids is 2. The van der Waals surface area contributed by atoms with Crippen molar-refractivity contribution in [3.63, 3.8) is 0 Å². The summed E-state index contributed by atoms with van der Waals surface area (Å²) in [5.74, 6) is 0.0494. The number of amides is 2. The monoisotopic (exact) mass is 370 g/mol. The van der Waals surface area contributed by atoms with Crippen LogP contribution in [0, 0.1) is 0 Å². The van der Waals surface area contributed by atoms with Crippen molar-refractivity contribution in [3.05, 3.63) is 58.7 Å². The summed E-state index contributed by atoms with van der Waals surface area (Å²) in [6.45, 7) is -0.237. The number of benzene rings is 2. The average Bonchev–Trinajstić information content (AvgIpc) is 3.10. The van der Waals surface area contributed by atoms with Gasteiger partial charge in [-0.05, 0) is 29.8 Å². The summed E-state index contributed by atoms with van der Waals surface area (Å²) in [5.41, 5.74) is 2.16. The van der Waals surface area contributed by atoms with Gasteiger partial charge in [0, 0.05) is 25.2 Å². The first-order valence-corrected chi connectivity index (χ1v) is 8.57. The van der Waals surface area contributed by atoms with E-state index in [0.29, 0.717) is 22.6 Å². The van der Waals surface area contributed by atoms with Crippen molar-refractivity contribution in [1.82, 2.24) is 10.6 Å². The van der Waals surface area contributed by atoms with Crippen molar-refractivity contribution in [2.45, 2.75) is 12.0 Å². The first-order valence-electron chi connectivity index (χ1n) is 8.57. The van der Waals surface area contributed by atoms with Crippen molar-refractivity contribution in [2.75, 3.05) is 27.8 Å². The van der Waals surface area contributed by atoms with Crippen molar-refractivity contribution in [3.8, 4) is 11.5 Å². The molecule has 0 bridgehead atoms. The second-order valence-electron chi connectivity index (χ2n) is 6.19. The van der Waals surface area contributed by atoms with Gasteiger partial charge in [-0.1, -0.05) is 12.1 Å². The zero-order valence-electron chi connectivity index (χ0n) is 15.4. The molecular formula is C20H22N2O5. The van der Waals surface area contributed by atoms with Crippen molar-refractivity contribution >= 4 is 11.8 Å². The van der Waals surface area contributed by atoms with Gasteiger partial charge in [-0.2, -0.15) is 0 Å². The van der Waals surface area contributed by atoms with Gasteiger partial charge in [0.2, 0.25) is 0 Å². The summed E-state index contributed by atoms with van der Waals surface area (Å²) in [6.07, 6.45) is -0.574. The van der Waals surface area contributed by atoms with Gasteiger partial charge < -0.3 is 25.2 Å². The molecule has 0 aliphatic carbocycles. The average molecular weight is 370 g/mol. The lowest BCUT2D eigenvalue weighted by molar-refractivity contribution is 0.0947. The largest absolute Gasteiger partial charge is 0.497 e. The Morgan fingerprint density at radius 1 is 1.15 bits per heavy atom. The highest BCUT2D eigenvalue weighted by Gasteiger charge is 2.38. The lowest BCUT2D eigenvalue weighted by atomic mass is 9.86. The van der Waals surface area contributed by atoms with E-state index in [1.165, 1.54) is 20.2 Å². The summed E-state index contributed by atoms with van der Waals surface area (Å²) >= 11 is 0. The smallest absolute Gasteiger partial charge is 0.254 e. The van der Waals surface area contributed by atoms with E-state index in [1.54, 1.807) is 13.2 Å². The molecule has 1 unspecified atom stereocenters. The fraction of sp³-hybridized carbons (Fsp3) is 0.300. The van der Waals surface area contributed by atoms with Gasteiger partial charge in [-0.3, -0.25) is 9.59 Å². The van der Waals surface area contributed by atoms with E-state index >= 15 is 0 Å². The van der Waals surface area contributed by atoms with Crippen molar-refractivity contribution in [1.29, 1.82) is 0 Å². The molecule has 2 atom stereocenters. The molecule has 0 saturated carbocycles. The number of hydrogen-bond acceptors (Lipinski definition) is 5. The Kier molecular flexibility index (Phi) is 5.32. The van der Waals surface area contributed by atoms with E-state index in [0.717, 1.165) is 5.56 Å². The number of nitrogens with one attached hydrogen (secondary N) is 2. The van der Waals surface area contributed by atoms with Gasteiger partial charge in [0.25, 0.3) is 11.8 Å². The number of rotatable bonds is 5. The molecule has 0 saturated heterocycles. The normalized spacial score (nSPS) is 17.6. The lowest BCUT2D eigenvalue weighted by Crippen LogP contribution is -2.24. The van der Waals surface area contributed by atoms with Crippen LogP contribution in [0.5, 0.6) is 11.5 Å². The molecule has 142 valence electrons. The number of ether oxygens (including phenoxy) is 2. The summed E-state index contributed by atoms with van der Waals surface area (Å²) in [7, 11) is 4.62. The van der Waals surface area contributed by atoms with Crippen LogP contribution >= 0.6 is 0 Å². The lowest BCUT2D eigenvalue weighted by Gasteiger charge is -2.18. The highest BCUT2D eigenvalue weighted by atomic mass is 16.5. The Labute approximate surface area is 157 Å². The van der Waals surface area contributed by atoms with Crippen LogP contribution in [0.15, 0.2) is 36.4 Å². The number of aliphatic hydroxyl groups excluding tert-OH is 1. The molecular weight excluding hydrogens is 348 g/mol. The molecule has 0 spiro atoms. The number of aliphatic hydroxyl groups is 1. The first kappa shape index (κ1) is 18.7. The van der Waals surface area contributed by atoms with E-state index in [9.17, 15) is 14.7 Å². The summed E-state index contributed by atoms with van der Waals surface area (Å²) < 4.78 is 11.2. The van der Waals surface area contributed by atoms with E-state index in [-0.39, 0.29) is 29.9 Å². The highest BCUT2D eigenvalue weighted by Crippen LogP contribution is 2.45. The molecule has 7 nitrogen and oxygen atoms in total. The SMILES string of the molecule is CNC(=O)c1cc(C(=O)NC)c2c(c1)[C@H](c1cccc(OC)c1)C(CO)O2. The Morgan fingerprint density at radius 3 is 2.52 bits per heavy atom. The zero-order valence-corrected chi connectivity index (χ0v) is 15.4. The van der Waals surface area contributed by atoms with Crippen LogP contribution in [0.2, 0.25) is 0 Å². The molecule has 0 fully saturated rings. The highest BCUT2D eigenvalue weighted by molar-refractivity contribution is 6.02. The fourth-order valence-electron chi connectivity index (χ4n) is 3.38. The predicted octanol–water partition coefficient (Wildman–Crippen LogP) is 1.30. The Hall–Kier alpha value is -3.06. The quantitative estimate of drug-likeness (QED) is 0.737. The third-order valence-corrected chi connectivity index (χ3v) is 4.69. The van der Waals surface area contributed by atoms with Gasteiger partial charge in [0.1, 0.15) is 17.6 Å². The predicted molar refractivity (Wildman–Crippen MR) is 99.6 cm³/mol. The summed E-state index contributed by atoms with van der Waals surface area (Å²) in [4.78, 5) is 24.6. The minimum absolute atomic E-state index is 0.237. The van der Waals surface area contributed by atoms with Crippen LogP contribution in [0.1, 0.15) is 37.8 Å². The van der Waals surface area contributed by atoms with E-state index < -0.39 is 6.10 Å². The topological polar surface area (TPSA) is 96.9 Å². The standard InChI is InChI=1S/C20H22N2O5/c1-21-19(24)12-8-14-17(11-5-4-6-13(7-11)26-3)16(10-23)27-18(14)15(9-12)20(25)22-2/h4-9,16-17,23H,10H2,1-3H3,(H,21,24)(H,22,25)/t16?,17-/m0/s1. The van der Waals surface area contributed by atoms with Crippen molar-refractivity contribution < 1.29 is 24.2 Å². The van der Waals surface area contributed by atoms with E-state index in [1.807, 2.05) is 24.3 Å². The Morgan fingerprint density at radius 2 is 1.89 bits per heavy atom. The number of methoxy groups -OCH3 is 1. The van der Waals surface area contributed by atoms with Crippen LogP contribution in [-0.4, -0.2) is 50.8 Å². The zero-order chi connectivity index (χ0) is 19.6.